The van der Waals surface area contributed by atoms with E-state index in [0.29, 0.717) is 6.54 Å². The average molecular weight is 505 g/mol. The molecule has 7 nitrogen and oxygen atoms in total. The Morgan fingerprint density at radius 3 is 2.32 bits per heavy atom. The molecule has 0 amide bonds. The Balaban J connectivity index is 1.32. The number of hydrogen-bond donors (Lipinski definition) is 0. The quantitative estimate of drug-likeness (QED) is 0.256. The van der Waals surface area contributed by atoms with Gasteiger partial charge in [0.2, 0.25) is 0 Å². The molecule has 0 N–H and O–H groups in total. The zero-order valence-electron chi connectivity index (χ0n) is 20.4. The van der Waals surface area contributed by atoms with Gasteiger partial charge in [0.25, 0.3) is 0 Å². The van der Waals surface area contributed by atoms with Crippen molar-refractivity contribution >= 4 is 11.3 Å². The molecule has 0 atom stereocenters. The standard InChI is InChI=1S/C29H24N6OS/c1-20-16-34(19-30-20)25-14-13-23(15-26(25)36-2)24-17-35(33-32-24)18-27-28(21-9-5-3-6-10-21)31-29(37-27)22-11-7-4-8-12-22/h3-17,19H,18H2,1-2H3. The van der Waals surface area contributed by atoms with Crippen LogP contribution in [0.3, 0.4) is 0 Å². The maximum Gasteiger partial charge on any atom is 0.143 e. The molecule has 0 aliphatic rings. The van der Waals surface area contributed by atoms with E-state index in [4.69, 9.17) is 9.72 Å². The maximum absolute atomic E-state index is 5.67. The average Bonchev–Trinajstić information content (AvgIpc) is 3.70. The van der Waals surface area contributed by atoms with Crippen LogP contribution in [0.4, 0.5) is 0 Å². The summed E-state index contributed by atoms with van der Waals surface area (Å²) < 4.78 is 9.49. The minimum absolute atomic E-state index is 0.575. The Kier molecular flexibility index (Phi) is 6.08. The molecule has 6 rings (SSSR count). The molecule has 0 unspecified atom stereocenters. The molecule has 3 aromatic carbocycles. The van der Waals surface area contributed by atoms with Crippen molar-refractivity contribution in [3.63, 3.8) is 0 Å². The Morgan fingerprint density at radius 1 is 0.865 bits per heavy atom. The van der Waals surface area contributed by atoms with Gasteiger partial charge in [0, 0.05) is 22.9 Å². The van der Waals surface area contributed by atoms with E-state index in [1.54, 1.807) is 24.8 Å². The molecule has 0 aliphatic carbocycles. The summed E-state index contributed by atoms with van der Waals surface area (Å²) in [6, 6.07) is 26.6. The van der Waals surface area contributed by atoms with Gasteiger partial charge in [0.05, 0.1) is 48.1 Å². The smallest absolute Gasteiger partial charge is 0.143 e. The molecular weight excluding hydrogens is 480 g/mol. The Morgan fingerprint density at radius 2 is 1.62 bits per heavy atom. The molecule has 3 aromatic heterocycles. The second-order valence-electron chi connectivity index (χ2n) is 8.63. The highest BCUT2D eigenvalue weighted by atomic mass is 32.1. The first-order valence-electron chi connectivity index (χ1n) is 11.9. The topological polar surface area (TPSA) is 70.7 Å². The van der Waals surface area contributed by atoms with Crippen molar-refractivity contribution in [1.29, 1.82) is 0 Å². The summed E-state index contributed by atoms with van der Waals surface area (Å²) in [5.74, 6) is 0.741. The van der Waals surface area contributed by atoms with Crippen LogP contribution in [0.2, 0.25) is 0 Å². The third-order valence-corrected chi connectivity index (χ3v) is 7.16. The van der Waals surface area contributed by atoms with Crippen LogP contribution in [0, 0.1) is 6.92 Å². The highest BCUT2D eigenvalue weighted by Crippen LogP contribution is 2.35. The molecular formula is C29H24N6OS. The Hall–Kier alpha value is -4.56. The summed E-state index contributed by atoms with van der Waals surface area (Å²) in [4.78, 5) is 10.5. The van der Waals surface area contributed by atoms with Crippen LogP contribution < -0.4 is 4.74 Å². The summed E-state index contributed by atoms with van der Waals surface area (Å²) in [5.41, 5.74) is 6.75. The van der Waals surface area contributed by atoms with Crippen molar-refractivity contribution in [1.82, 2.24) is 29.5 Å². The van der Waals surface area contributed by atoms with Gasteiger partial charge in [-0.2, -0.15) is 0 Å². The lowest BCUT2D eigenvalue weighted by molar-refractivity contribution is 0.413. The summed E-state index contributed by atoms with van der Waals surface area (Å²) in [5, 5.41) is 9.88. The van der Waals surface area contributed by atoms with Crippen molar-refractivity contribution in [2.75, 3.05) is 7.11 Å². The lowest BCUT2D eigenvalue weighted by atomic mass is 10.1. The molecule has 182 valence electrons. The lowest BCUT2D eigenvalue weighted by Crippen LogP contribution is -2.00. The summed E-state index contributed by atoms with van der Waals surface area (Å²) in [6.45, 7) is 2.54. The van der Waals surface area contributed by atoms with Gasteiger partial charge in [-0.05, 0) is 19.1 Å². The number of ether oxygens (including phenoxy) is 1. The number of hydrogen-bond acceptors (Lipinski definition) is 6. The van der Waals surface area contributed by atoms with E-state index in [9.17, 15) is 0 Å². The van der Waals surface area contributed by atoms with Gasteiger partial charge in [-0.1, -0.05) is 71.9 Å². The van der Waals surface area contributed by atoms with Crippen molar-refractivity contribution in [3.8, 4) is 44.5 Å². The maximum atomic E-state index is 5.67. The number of methoxy groups -OCH3 is 1. The summed E-state index contributed by atoms with van der Waals surface area (Å²) in [6.07, 6.45) is 5.72. The number of benzene rings is 3. The predicted molar refractivity (Wildman–Crippen MR) is 146 cm³/mol. The molecule has 0 bridgehead atoms. The highest BCUT2D eigenvalue weighted by Gasteiger charge is 2.16. The van der Waals surface area contributed by atoms with E-state index in [0.717, 1.165) is 55.1 Å². The van der Waals surface area contributed by atoms with Crippen molar-refractivity contribution < 1.29 is 4.74 Å². The summed E-state index contributed by atoms with van der Waals surface area (Å²) in [7, 11) is 1.67. The molecule has 8 heteroatoms. The van der Waals surface area contributed by atoms with E-state index >= 15 is 0 Å². The molecule has 0 spiro atoms. The molecule has 6 aromatic rings. The van der Waals surface area contributed by atoms with Crippen molar-refractivity contribution in [2.24, 2.45) is 0 Å². The predicted octanol–water partition coefficient (Wildman–Crippen LogP) is 6.29. The van der Waals surface area contributed by atoms with Crippen molar-refractivity contribution in [2.45, 2.75) is 13.5 Å². The van der Waals surface area contributed by atoms with E-state index in [2.05, 4.69) is 39.6 Å². The van der Waals surface area contributed by atoms with Gasteiger partial charge in [-0.3, -0.25) is 0 Å². The number of nitrogens with zero attached hydrogens (tertiary/aromatic N) is 6. The fourth-order valence-corrected chi connectivity index (χ4v) is 5.32. The van der Waals surface area contributed by atoms with Gasteiger partial charge < -0.3 is 9.30 Å². The molecule has 0 radical (unpaired) electrons. The monoisotopic (exact) mass is 504 g/mol. The molecule has 0 aliphatic heterocycles. The SMILES string of the molecule is COc1cc(-c2cn(Cc3sc(-c4ccccc4)nc3-c3ccccc3)nn2)ccc1-n1cnc(C)c1. The number of thiazole rings is 1. The fourth-order valence-electron chi connectivity index (χ4n) is 4.24. The van der Waals surface area contributed by atoms with Crippen LogP contribution in [0.1, 0.15) is 10.6 Å². The van der Waals surface area contributed by atoms with Crippen LogP contribution in [0.5, 0.6) is 5.75 Å². The Labute approximate surface area is 218 Å². The summed E-state index contributed by atoms with van der Waals surface area (Å²) >= 11 is 1.69. The molecule has 37 heavy (non-hydrogen) atoms. The largest absolute Gasteiger partial charge is 0.495 e. The van der Waals surface area contributed by atoms with Gasteiger partial charge in [0.1, 0.15) is 16.5 Å². The zero-order chi connectivity index (χ0) is 25.2. The molecule has 0 saturated carbocycles. The highest BCUT2D eigenvalue weighted by molar-refractivity contribution is 7.15. The van der Waals surface area contributed by atoms with E-state index in [-0.39, 0.29) is 0 Å². The van der Waals surface area contributed by atoms with Crippen LogP contribution in [-0.2, 0) is 6.54 Å². The van der Waals surface area contributed by atoms with Gasteiger partial charge in [-0.25, -0.2) is 14.6 Å². The third-order valence-electron chi connectivity index (χ3n) is 6.07. The second-order valence-corrected chi connectivity index (χ2v) is 9.72. The van der Waals surface area contributed by atoms with Crippen LogP contribution >= 0.6 is 11.3 Å². The molecule has 3 heterocycles. The number of aryl methyl sites for hydroxylation is 1. The normalized spacial score (nSPS) is 11.1. The minimum atomic E-state index is 0.575. The van der Waals surface area contributed by atoms with Crippen molar-refractivity contribution in [3.05, 3.63) is 108 Å². The first kappa shape index (κ1) is 22.9. The van der Waals surface area contributed by atoms with E-state index in [1.807, 2.05) is 83.2 Å². The van der Waals surface area contributed by atoms with Crippen LogP contribution in [0.15, 0.2) is 97.6 Å². The van der Waals surface area contributed by atoms with Gasteiger partial charge in [0.15, 0.2) is 0 Å². The lowest BCUT2D eigenvalue weighted by Gasteiger charge is -2.10. The number of aromatic nitrogens is 6. The van der Waals surface area contributed by atoms with Gasteiger partial charge >= 0.3 is 0 Å². The number of imidazole rings is 1. The second kappa shape index (κ2) is 9.83. The third kappa shape index (κ3) is 4.66. The molecule has 0 saturated heterocycles. The first-order chi connectivity index (χ1) is 18.2. The Bertz CT molecular complexity index is 1650. The minimum Gasteiger partial charge on any atom is -0.495 e. The van der Waals surface area contributed by atoms with Gasteiger partial charge in [-0.15, -0.1) is 16.4 Å². The van der Waals surface area contributed by atoms with E-state index in [1.165, 1.54) is 0 Å². The van der Waals surface area contributed by atoms with Crippen LogP contribution in [0.25, 0.3) is 38.8 Å². The fraction of sp³-hybridized carbons (Fsp3) is 0.103. The number of rotatable bonds is 7. The molecule has 0 fully saturated rings. The van der Waals surface area contributed by atoms with E-state index < -0.39 is 0 Å². The first-order valence-corrected chi connectivity index (χ1v) is 12.7. The zero-order valence-corrected chi connectivity index (χ0v) is 21.3. The van der Waals surface area contributed by atoms with Crippen LogP contribution in [-0.4, -0.2) is 36.6 Å².